The third-order valence-electron chi connectivity index (χ3n) is 1.26. The van der Waals surface area contributed by atoms with Gasteiger partial charge < -0.3 is 15.8 Å². The van der Waals surface area contributed by atoms with Gasteiger partial charge in [-0.05, 0) is 22.0 Å². The van der Waals surface area contributed by atoms with Gasteiger partial charge in [0.25, 0.3) is 5.56 Å². The second-order valence-corrected chi connectivity index (χ2v) is 2.93. The Kier molecular flexibility index (Phi) is 2.18. The summed E-state index contributed by atoms with van der Waals surface area (Å²) in [6.07, 6.45) is 0. The number of H-pyrrole nitrogens is 1. The molecule has 0 aromatic carbocycles. The van der Waals surface area contributed by atoms with E-state index in [1.165, 1.54) is 0 Å². The zero-order valence-electron chi connectivity index (χ0n) is 5.80. The van der Waals surface area contributed by atoms with Crippen LogP contribution in [0.4, 0.5) is 5.82 Å². The van der Waals surface area contributed by atoms with E-state index in [1.54, 1.807) is 0 Å². The van der Waals surface area contributed by atoms with E-state index in [0.29, 0.717) is 0 Å². The number of rotatable bonds is 1. The lowest BCUT2D eigenvalue weighted by molar-refractivity contribution is 0.0697. The van der Waals surface area contributed by atoms with Gasteiger partial charge in [0.1, 0.15) is 11.4 Å². The van der Waals surface area contributed by atoms with Gasteiger partial charge in [-0.1, -0.05) is 0 Å². The summed E-state index contributed by atoms with van der Waals surface area (Å²) in [5.41, 5.74) is 4.66. The van der Waals surface area contributed by atoms with Crippen LogP contribution in [-0.2, 0) is 0 Å². The number of aromatic nitrogens is 1. The lowest BCUT2D eigenvalue weighted by Gasteiger charge is -1.99. The fourth-order valence-corrected chi connectivity index (χ4v) is 1.02. The molecule has 0 bridgehead atoms. The first-order chi connectivity index (χ1) is 5.52. The van der Waals surface area contributed by atoms with E-state index >= 15 is 0 Å². The van der Waals surface area contributed by atoms with Crippen molar-refractivity contribution in [2.45, 2.75) is 0 Å². The lowest BCUT2D eigenvalue weighted by Crippen LogP contribution is -2.14. The number of nitrogens with one attached hydrogen (secondary N) is 1. The minimum atomic E-state index is -1.18. The van der Waals surface area contributed by atoms with Crippen LogP contribution in [0.25, 0.3) is 0 Å². The van der Waals surface area contributed by atoms with Crippen molar-refractivity contribution in [1.82, 2.24) is 4.98 Å². The van der Waals surface area contributed by atoms with E-state index in [9.17, 15) is 9.59 Å². The third-order valence-corrected chi connectivity index (χ3v) is 1.85. The number of aromatic amines is 1. The molecule has 0 radical (unpaired) electrons. The topological polar surface area (TPSA) is 96.2 Å². The van der Waals surface area contributed by atoms with Crippen LogP contribution in [0.3, 0.4) is 0 Å². The molecule has 4 N–H and O–H groups in total. The molecule has 0 saturated heterocycles. The molecule has 0 aliphatic heterocycles. The van der Waals surface area contributed by atoms with Crippen molar-refractivity contribution in [3.63, 3.8) is 0 Å². The maximum Gasteiger partial charge on any atom is 0.339 e. The predicted octanol–water partition coefficient (Wildman–Crippen LogP) is 0.418. The van der Waals surface area contributed by atoms with Crippen LogP contribution < -0.4 is 11.3 Å². The van der Waals surface area contributed by atoms with Gasteiger partial charge in [-0.3, -0.25) is 4.79 Å². The van der Waals surface area contributed by atoms with Crippen LogP contribution in [0.15, 0.2) is 15.3 Å². The molecule has 0 fully saturated rings. The Bertz CT molecular complexity index is 385. The Hall–Kier alpha value is -1.30. The summed E-state index contributed by atoms with van der Waals surface area (Å²) in [6, 6.07) is 1.16. The first kappa shape index (κ1) is 8.79. The molecule has 0 atom stereocenters. The fraction of sp³-hybridized carbons (Fsp3) is 0. The summed E-state index contributed by atoms with van der Waals surface area (Å²) in [7, 11) is 0. The first-order valence-corrected chi connectivity index (χ1v) is 3.73. The highest BCUT2D eigenvalue weighted by Crippen LogP contribution is 2.11. The van der Waals surface area contributed by atoms with Crippen LogP contribution in [0.5, 0.6) is 0 Å². The molecular formula is C6H5BrN2O3. The van der Waals surface area contributed by atoms with Crippen molar-refractivity contribution in [2.75, 3.05) is 5.73 Å². The largest absolute Gasteiger partial charge is 0.478 e. The second-order valence-electron chi connectivity index (χ2n) is 2.08. The highest BCUT2D eigenvalue weighted by Gasteiger charge is 2.10. The first-order valence-electron chi connectivity index (χ1n) is 2.94. The van der Waals surface area contributed by atoms with Crippen molar-refractivity contribution in [3.05, 3.63) is 26.5 Å². The maximum absolute atomic E-state index is 10.8. The molecule has 6 heteroatoms. The Morgan fingerprint density at radius 2 is 2.25 bits per heavy atom. The van der Waals surface area contributed by atoms with Gasteiger partial charge in [0, 0.05) is 0 Å². The number of halogens is 1. The highest BCUT2D eigenvalue weighted by molar-refractivity contribution is 9.10. The second kappa shape index (κ2) is 2.98. The molecule has 0 aliphatic carbocycles. The van der Waals surface area contributed by atoms with Crippen LogP contribution in [0, 0.1) is 0 Å². The smallest absolute Gasteiger partial charge is 0.339 e. The van der Waals surface area contributed by atoms with E-state index in [4.69, 9.17) is 10.8 Å². The summed E-state index contributed by atoms with van der Waals surface area (Å²) >= 11 is 2.89. The van der Waals surface area contributed by atoms with E-state index in [2.05, 4.69) is 20.9 Å². The minimum absolute atomic E-state index is 0.124. The van der Waals surface area contributed by atoms with Crippen LogP contribution in [0.2, 0.25) is 0 Å². The van der Waals surface area contributed by atoms with Gasteiger partial charge in [0.2, 0.25) is 0 Å². The molecule has 1 aromatic rings. The minimum Gasteiger partial charge on any atom is -0.478 e. The average Bonchev–Trinajstić information content (AvgIpc) is 1.96. The number of anilines is 1. The zero-order chi connectivity index (χ0) is 9.30. The third kappa shape index (κ3) is 1.48. The van der Waals surface area contributed by atoms with Crippen molar-refractivity contribution >= 4 is 27.7 Å². The Morgan fingerprint density at radius 1 is 1.67 bits per heavy atom. The lowest BCUT2D eigenvalue weighted by atomic mass is 10.2. The molecule has 0 unspecified atom stereocenters. The number of carboxylic acid groups (broad SMARTS) is 1. The number of nitrogens with two attached hydrogens (primary N) is 1. The highest BCUT2D eigenvalue weighted by atomic mass is 79.9. The number of carboxylic acids is 1. The molecule has 12 heavy (non-hydrogen) atoms. The predicted molar refractivity (Wildman–Crippen MR) is 46.1 cm³/mol. The summed E-state index contributed by atoms with van der Waals surface area (Å²) in [6.45, 7) is 0. The number of pyridine rings is 1. The standard InChI is InChI=1S/C6H5BrN2O3/c7-3-1-2(6(11)12)4(8)9-5(3)10/h1H,(H,11,12)(H3,8,9,10). The SMILES string of the molecule is Nc1[nH]c(=O)c(Br)cc1C(=O)O. The van der Waals surface area contributed by atoms with Crippen molar-refractivity contribution in [3.8, 4) is 0 Å². The van der Waals surface area contributed by atoms with E-state index < -0.39 is 11.5 Å². The van der Waals surface area contributed by atoms with Crippen molar-refractivity contribution < 1.29 is 9.90 Å². The Morgan fingerprint density at radius 3 is 2.75 bits per heavy atom. The van der Waals surface area contributed by atoms with Gasteiger partial charge in [-0.15, -0.1) is 0 Å². The molecule has 5 nitrogen and oxygen atoms in total. The van der Waals surface area contributed by atoms with Crippen molar-refractivity contribution in [1.29, 1.82) is 0 Å². The van der Waals surface area contributed by atoms with Crippen LogP contribution in [0.1, 0.15) is 10.4 Å². The number of nitrogen functional groups attached to an aromatic ring is 1. The summed E-state index contributed by atoms with van der Waals surface area (Å²) in [5.74, 6) is -1.32. The molecule has 1 heterocycles. The summed E-state index contributed by atoms with van der Waals surface area (Å²) in [5, 5.41) is 8.56. The van der Waals surface area contributed by atoms with E-state index in [0.717, 1.165) is 6.07 Å². The van der Waals surface area contributed by atoms with Crippen molar-refractivity contribution in [2.24, 2.45) is 0 Å². The molecule has 0 aliphatic rings. The molecule has 64 valence electrons. The zero-order valence-corrected chi connectivity index (χ0v) is 7.38. The van der Waals surface area contributed by atoms with E-state index in [-0.39, 0.29) is 15.9 Å². The quantitative estimate of drug-likeness (QED) is 0.654. The number of hydrogen-bond acceptors (Lipinski definition) is 3. The Balaban J connectivity index is 3.43. The van der Waals surface area contributed by atoms with E-state index in [1.807, 2.05) is 0 Å². The molecule has 1 aromatic heterocycles. The van der Waals surface area contributed by atoms with Gasteiger partial charge in [0.15, 0.2) is 0 Å². The van der Waals surface area contributed by atoms with Crippen LogP contribution in [-0.4, -0.2) is 16.1 Å². The average molecular weight is 233 g/mol. The summed E-state index contributed by atoms with van der Waals surface area (Å²) < 4.78 is 0.147. The molecular weight excluding hydrogens is 228 g/mol. The molecule has 0 amide bonds. The Labute approximate surface area is 75.3 Å². The summed E-state index contributed by atoms with van der Waals surface area (Å²) in [4.78, 5) is 23.5. The maximum atomic E-state index is 10.8. The fourth-order valence-electron chi connectivity index (χ4n) is 0.696. The number of hydrogen-bond donors (Lipinski definition) is 3. The van der Waals surface area contributed by atoms with Crippen LogP contribution >= 0.6 is 15.9 Å². The monoisotopic (exact) mass is 232 g/mol. The van der Waals surface area contributed by atoms with Gasteiger partial charge in [-0.2, -0.15) is 0 Å². The van der Waals surface area contributed by atoms with Gasteiger partial charge in [0.05, 0.1) is 4.47 Å². The molecule has 0 saturated carbocycles. The van der Waals surface area contributed by atoms with Gasteiger partial charge >= 0.3 is 5.97 Å². The number of aromatic carboxylic acids is 1. The molecule has 1 rings (SSSR count). The molecule has 0 spiro atoms. The number of carbonyl (C=O) groups is 1. The van der Waals surface area contributed by atoms with Gasteiger partial charge in [-0.25, -0.2) is 4.79 Å². The normalized spacial score (nSPS) is 9.75.